The molecule has 1 heterocycles. The molecule has 0 bridgehead atoms. The normalized spacial score (nSPS) is 10.4. The number of benzene rings is 2. The SMILES string of the molecule is Cc1cccc(OCCCCC(=O)NCC(=O)Nc2ccc(-n3cncn3)cc2)c1. The van der Waals surface area contributed by atoms with Crippen LogP contribution in [0.1, 0.15) is 24.8 Å². The molecule has 0 spiro atoms. The molecule has 1 aromatic heterocycles. The molecule has 0 unspecified atom stereocenters. The van der Waals surface area contributed by atoms with E-state index in [0.29, 0.717) is 25.1 Å². The predicted molar refractivity (Wildman–Crippen MR) is 114 cm³/mol. The highest BCUT2D eigenvalue weighted by Crippen LogP contribution is 2.13. The maximum absolute atomic E-state index is 12.0. The fraction of sp³-hybridized carbons (Fsp3) is 0.273. The van der Waals surface area contributed by atoms with E-state index < -0.39 is 0 Å². The molecule has 0 aliphatic heterocycles. The second-order valence-electron chi connectivity index (χ2n) is 6.83. The number of amides is 2. The van der Waals surface area contributed by atoms with Gasteiger partial charge in [0.15, 0.2) is 0 Å². The minimum Gasteiger partial charge on any atom is -0.494 e. The number of unbranched alkanes of at least 4 members (excludes halogenated alkanes) is 1. The van der Waals surface area contributed by atoms with Crippen molar-refractivity contribution < 1.29 is 14.3 Å². The first-order valence-corrected chi connectivity index (χ1v) is 9.81. The molecule has 0 saturated heterocycles. The molecule has 2 amide bonds. The first-order chi connectivity index (χ1) is 14.6. The quantitative estimate of drug-likeness (QED) is 0.504. The van der Waals surface area contributed by atoms with Crippen LogP contribution >= 0.6 is 0 Å². The summed E-state index contributed by atoms with van der Waals surface area (Å²) < 4.78 is 7.28. The fourth-order valence-corrected chi connectivity index (χ4v) is 2.79. The van der Waals surface area contributed by atoms with Gasteiger partial charge in [-0.25, -0.2) is 9.67 Å². The van der Waals surface area contributed by atoms with Crippen LogP contribution in [0, 0.1) is 6.92 Å². The Morgan fingerprint density at radius 1 is 1.07 bits per heavy atom. The van der Waals surface area contributed by atoms with Crippen molar-refractivity contribution in [1.29, 1.82) is 0 Å². The number of anilines is 1. The molecule has 0 fully saturated rings. The smallest absolute Gasteiger partial charge is 0.243 e. The number of hydrogen-bond donors (Lipinski definition) is 2. The number of rotatable bonds is 10. The molecule has 2 N–H and O–H groups in total. The summed E-state index contributed by atoms with van der Waals surface area (Å²) in [6.07, 6.45) is 4.87. The molecule has 156 valence electrons. The monoisotopic (exact) mass is 407 g/mol. The van der Waals surface area contributed by atoms with Gasteiger partial charge in [0.05, 0.1) is 18.8 Å². The summed E-state index contributed by atoms with van der Waals surface area (Å²) in [5, 5.41) is 9.43. The summed E-state index contributed by atoms with van der Waals surface area (Å²) in [5.41, 5.74) is 2.63. The lowest BCUT2D eigenvalue weighted by Gasteiger charge is -2.08. The first kappa shape index (κ1) is 21.0. The third-order valence-corrected chi connectivity index (χ3v) is 4.34. The number of nitrogens with zero attached hydrogens (tertiary/aromatic N) is 3. The van der Waals surface area contributed by atoms with Gasteiger partial charge in [-0.1, -0.05) is 12.1 Å². The first-order valence-electron chi connectivity index (χ1n) is 9.81. The van der Waals surface area contributed by atoms with Gasteiger partial charge in [-0.15, -0.1) is 0 Å². The van der Waals surface area contributed by atoms with Crippen molar-refractivity contribution in [2.45, 2.75) is 26.2 Å². The molecule has 0 aliphatic rings. The van der Waals surface area contributed by atoms with E-state index in [1.807, 2.05) is 43.3 Å². The highest BCUT2D eigenvalue weighted by atomic mass is 16.5. The molecule has 2 aromatic carbocycles. The van der Waals surface area contributed by atoms with Gasteiger partial charge in [0, 0.05) is 12.1 Å². The summed E-state index contributed by atoms with van der Waals surface area (Å²) in [6, 6.07) is 15.0. The lowest BCUT2D eigenvalue weighted by Crippen LogP contribution is -2.32. The molecule has 8 heteroatoms. The van der Waals surface area contributed by atoms with Crippen molar-refractivity contribution in [1.82, 2.24) is 20.1 Å². The van der Waals surface area contributed by atoms with Crippen LogP contribution in [0.15, 0.2) is 61.2 Å². The van der Waals surface area contributed by atoms with E-state index in [2.05, 4.69) is 20.7 Å². The maximum Gasteiger partial charge on any atom is 0.243 e. The van der Waals surface area contributed by atoms with Crippen LogP contribution < -0.4 is 15.4 Å². The van der Waals surface area contributed by atoms with Crippen molar-refractivity contribution >= 4 is 17.5 Å². The fourth-order valence-electron chi connectivity index (χ4n) is 2.79. The van der Waals surface area contributed by atoms with E-state index >= 15 is 0 Å². The highest BCUT2D eigenvalue weighted by molar-refractivity contribution is 5.94. The lowest BCUT2D eigenvalue weighted by molar-refractivity contribution is -0.124. The van der Waals surface area contributed by atoms with E-state index in [1.165, 1.54) is 6.33 Å². The van der Waals surface area contributed by atoms with Crippen molar-refractivity contribution in [2.24, 2.45) is 0 Å². The van der Waals surface area contributed by atoms with E-state index in [4.69, 9.17) is 4.74 Å². The highest BCUT2D eigenvalue weighted by Gasteiger charge is 2.07. The number of carbonyl (C=O) groups excluding carboxylic acids is 2. The summed E-state index contributed by atoms with van der Waals surface area (Å²) >= 11 is 0. The van der Waals surface area contributed by atoms with E-state index in [1.54, 1.807) is 23.1 Å². The lowest BCUT2D eigenvalue weighted by atomic mass is 10.2. The molecule has 0 aliphatic carbocycles. The van der Waals surface area contributed by atoms with Gasteiger partial charge < -0.3 is 15.4 Å². The summed E-state index contributed by atoms with van der Waals surface area (Å²) in [6.45, 7) is 2.51. The number of ether oxygens (including phenoxy) is 1. The molecular weight excluding hydrogens is 382 g/mol. The minimum absolute atomic E-state index is 0.0660. The molecule has 3 aromatic rings. The predicted octanol–water partition coefficient (Wildman–Crippen LogP) is 2.88. The average molecular weight is 407 g/mol. The van der Waals surface area contributed by atoms with E-state index in [-0.39, 0.29) is 18.4 Å². The van der Waals surface area contributed by atoms with Gasteiger partial charge in [-0.05, 0) is 61.7 Å². The zero-order chi connectivity index (χ0) is 21.2. The Kier molecular flexibility index (Phi) is 7.54. The van der Waals surface area contributed by atoms with Crippen LogP contribution in [0.4, 0.5) is 5.69 Å². The number of aromatic nitrogens is 3. The Bertz CT molecular complexity index is 955. The third-order valence-electron chi connectivity index (χ3n) is 4.34. The average Bonchev–Trinajstić information content (AvgIpc) is 3.27. The van der Waals surface area contributed by atoms with E-state index in [0.717, 1.165) is 23.4 Å². The van der Waals surface area contributed by atoms with Crippen LogP contribution in [0.2, 0.25) is 0 Å². The second kappa shape index (κ2) is 10.8. The Morgan fingerprint density at radius 3 is 2.63 bits per heavy atom. The zero-order valence-electron chi connectivity index (χ0n) is 16.9. The van der Waals surface area contributed by atoms with Crippen LogP contribution in [-0.4, -0.2) is 39.7 Å². The number of carbonyl (C=O) groups is 2. The standard InChI is InChI=1S/C22H25N5O3/c1-17-5-4-6-20(13-17)30-12-3-2-7-21(28)24-14-22(29)26-18-8-10-19(11-9-18)27-16-23-15-25-27/h4-6,8-11,13,15-16H,2-3,7,12,14H2,1H3,(H,24,28)(H,26,29). The van der Waals surface area contributed by atoms with Crippen molar-refractivity contribution in [3.05, 3.63) is 66.7 Å². The number of hydrogen-bond acceptors (Lipinski definition) is 5. The minimum atomic E-state index is -0.278. The molecule has 0 atom stereocenters. The molecule has 8 nitrogen and oxygen atoms in total. The Labute approximate surface area is 175 Å². The molecule has 0 radical (unpaired) electrons. The van der Waals surface area contributed by atoms with Crippen LogP contribution in [0.5, 0.6) is 5.75 Å². The van der Waals surface area contributed by atoms with Crippen LogP contribution in [-0.2, 0) is 9.59 Å². The van der Waals surface area contributed by atoms with Gasteiger partial charge in [-0.2, -0.15) is 5.10 Å². The topological polar surface area (TPSA) is 98.1 Å². The van der Waals surface area contributed by atoms with Crippen molar-refractivity contribution in [3.8, 4) is 11.4 Å². The van der Waals surface area contributed by atoms with E-state index in [9.17, 15) is 9.59 Å². The molecular formula is C22H25N5O3. The number of nitrogens with one attached hydrogen (secondary N) is 2. The van der Waals surface area contributed by atoms with Gasteiger partial charge in [0.1, 0.15) is 18.4 Å². The summed E-state index contributed by atoms with van der Waals surface area (Å²) in [5.74, 6) is 0.410. The molecule has 0 saturated carbocycles. The van der Waals surface area contributed by atoms with Gasteiger partial charge in [0.2, 0.25) is 11.8 Å². The maximum atomic E-state index is 12.0. The van der Waals surface area contributed by atoms with Crippen LogP contribution in [0.3, 0.4) is 0 Å². The Balaban J connectivity index is 1.29. The molecule has 30 heavy (non-hydrogen) atoms. The second-order valence-corrected chi connectivity index (χ2v) is 6.83. The third kappa shape index (κ3) is 6.73. The zero-order valence-corrected chi connectivity index (χ0v) is 16.9. The largest absolute Gasteiger partial charge is 0.494 e. The number of aryl methyl sites for hydroxylation is 1. The summed E-state index contributed by atoms with van der Waals surface area (Å²) in [4.78, 5) is 27.8. The van der Waals surface area contributed by atoms with Gasteiger partial charge in [0.25, 0.3) is 0 Å². The summed E-state index contributed by atoms with van der Waals surface area (Å²) in [7, 11) is 0. The Morgan fingerprint density at radius 2 is 1.90 bits per heavy atom. The van der Waals surface area contributed by atoms with Crippen LogP contribution in [0.25, 0.3) is 5.69 Å². The molecule has 3 rings (SSSR count). The van der Waals surface area contributed by atoms with Gasteiger partial charge >= 0.3 is 0 Å². The van der Waals surface area contributed by atoms with Gasteiger partial charge in [-0.3, -0.25) is 9.59 Å². The van der Waals surface area contributed by atoms with Crippen molar-refractivity contribution in [3.63, 3.8) is 0 Å². The Hall–Kier alpha value is -3.68. The van der Waals surface area contributed by atoms with Crippen molar-refractivity contribution in [2.75, 3.05) is 18.5 Å².